The molecular weight excluding hydrogens is 206 g/mol. The van der Waals surface area contributed by atoms with Crippen LogP contribution in [-0.2, 0) is 0 Å². The average Bonchev–Trinajstić information content (AvgIpc) is 2.65. The van der Waals surface area contributed by atoms with Crippen LogP contribution in [0.3, 0.4) is 0 Å². The molecule has 4 heteroatoms. The predicted octanol–water partition coefficient (Wildman–Crippen LogP) is 1.64. The van der Waals surface area contributed by atoms with Crippen LogP contribution in [0.25, 0.3) is 0 Å². The van der Waals surface area contributed by atoms with Gasteiger partial charge in [0.2, 0.25) is 0 Å². The van der Waals surface area contributed by atoms with Crippen LogP contribution >= 0.6 is 0 Å². The van der Waals surface area contributed by atoms with Crippen molar-refractivity contribution < 1.29 is 14.6 Å². The number of carboxylic acid groups (broad SMARTS) is 1. The summed E-state index contributed by atoms with van der Waals surface area (Å²) in [6.45, 7) is 0. The number of rotatable bonds is 3. The second-order valence-electron chi connectivity index (χ2n) is 4.08. The van der Waals surface area contributed by atoms with E-state index in [1.54, 1.807) is 12.1 Å². The number of hydrogen-bond donors (Lipinski definition) is 2. The normalized spacial score (nSPS) is 24.3. The molecule has 86 valence electrons. The summed E-state index contributed by atoms with van der Waals surface area (Å²) in [6, 6.07) is 6.53. The van der Waals surface area contributed by atoms with E-state index in [0.717, 1.165) is 19.3 Å². The minimum absolute atomic E-state index is 0.0654. The molecular formula is C12H15NO3. The van der Waals surface area contributed by atoms with E-state index in [-0.39, 0.29) is 17.7 Å². The van der Waals surface area contributed by atoms with Gasteiger partial charge in [-0.2, -0.15) is 0 Å². The fourth-order valence-corrected chi connectivity index (χ4v) is 1.95. The Labute approximate surface area is 94.0 Å². The lowest BCUT2D eigenvalue weighted by atomic mass is 10.2. The van der Waals surface area contributed by atoms with E-state index in [4.69, 9.17) is 15.6 Å². The number of hydrogen-bond acceptors (Lipinski definition) is 3. The first kappa shape index (κ1) is 11.0. The lowest BCUT2D eigenvalue weighted by molar-refractivity contribution is 0.0697. The number of benzene rings is 1. The van der Waals surface area contributed by atoms with Gasteiger partial charge in [-0.25, -0.2) is 4.79 Å². The van der Waals surface area contributed by atoms with Crippen LogP contribution in [0.5, 0.6) is 5.75 Å². The lowest BCUT2D eigenvalue weighted by Gasteiger charge is -2.17. The van der Waals surface area contributed by atoms with Crippen molar-refractivity contribution in [3.63, 3.8) is 0 Å². The average molecular weight is 221 g/mol. The Bertz CT molecular complexity index is 374. The van der Waals surface area contributed by atoms with Gasteiger partial charge >= 0.3 is 5.97 Å². The van der Waals surface area contributed by atoms with E-state index in [1.807, 2.05) is 0 Å². The topological polar surface area (TPSA) is 72.5 Å². The molecule has 1 fully saturated rings. The number of aromatic carboxylic acids is 1. The van der Waals surface area contributed by atoms with Crippen molar-refractivity contribution >= 4 is 5.97 Å². The highest BCUT2D eigenvalue weighted by Crippen LogP contribution is 2.23. The van der Waals surface area contributed by atoms with Gasteiger partial charge in [-0.05, 0) is 43.5 Å². The summed E-state index contributed by atoms with van der Waals surface area (Å²) in [5, 5.41) is 8.74. The largest absolute Gasteiger partial charge is 0.489 e. The lowest BCUT2D eigenvalue weighted by Crippen LogP contribution is -2.33. The molecule has 2 rings (SSSR count). The Morgan fingerprint density at radius 3 is 2.50 bits per heavy atom. The van der Waals surface area contributed by atoms with Crippen LogP contribution in [0.4, 0.5) is 0 Å². The fraction of sp³-hybridized carbons (Fsp3) is 0.417. The number of nitrogens with two attached hydrogens (primary N) is 1. The summed E-state index contributed by atoms with van der Waals surface area (Å²) in [5.74, 6) is -0.239. The van der Waals surface area contributed by atoms with Crippen molar-refractivity contribution in [2.24, 2.45) is 5.73 Å². The second kappa shape index (κ2) is 4.53. The van der Waals surface area contributed by atoms with Crippen molar-refractivity contribution in [1.82, 2.24) is 0 Å². The molecule has 0 aromatic heterocycles. The first-order chi connectivity index (χ1) is 7.66. The molecule has 1 aliphatic rings. The molecule has 0 radical (unpaired) electrons. The van der Waals surface area contributed by atoms with Gasteiger partial charge in [0, 0.05) is 6.04 Å². The first-order valence-corrected chi connectivity index (χ1v) is 5.42. The van der Waals surface area contributed by atoms with Crippen molar-refractivity contribution in [3.05, 3.63) is 29.8 Å². The minimum Gasteiger partial charge on any atom is -0.489 e. The van der Waals surface area contributed by atoms with Gasteiger partial charge in [-0.1, -0.05) is 0 Å². The van der Waals surface area contributed by atoms with Crippen LogP contribution in [0, 0.1) is 0 Å². The van der Waals surface area contributed by atoms with Gasteiger partial charge < -0.3 is 15.6 Å². The van der Waals surface area contributed by atoms with Crippen molar-refractivity contribution in [2.45, 2.75) is 31.4 Å². The van der Waals surface area contributed by atoms with Gasteiger partial charge in [0.05, 0.1) is 5.56 Å². The van der Waals surface area contributed by atoms with Gasteiger partial charge in [-0.3, -0.25) is 0 Å². The summed E-state index contributed by atoms with van der Waals surface area (Å²) in [5.41, 5.74) is 6.15. The van der Waals surface area contributed by atoms with Crippen LogP contribution in [0.2, 0.25) is 0 Å². The third-order valence-corrected chi connectivity index (χ3v) is 2.89. The quantitative estimate of drug-likeness (QED) is 0.813. The monoisotopic (exact) mass is 221 g/mol. The zero-order chi connectivity index (χ0) is 11.5. The molecule has 1 aromatic carbocycles. The molecule has 4 nitrogen and oxygen atoms in total. The molecule has 3 N–H and O–H groups in total. The summed E-state index contributed by atoms with van der Waals surface area (Å²) >= 11 is 0. The van der Waals surface area contributed by atoms with Gasteiger partial charge in [0.1, 0.15) is 11.9 Å². The maximum Gasteiger partial charge on any atom is 0.335 e. The van der Waals surface area contributed by atoms with Gasteiger partial charge in [0.25, 0.3) is 0 Å². The first-order valence-electron chi connectivity index (χ1n) is 5.42. The van der Waals surface area contributed by atoms with E-state index < -0.39 is 5.97 Å². The Morgan fingerprint density at radius 2 is 2.00 bits per heavy atom. The molecule has 0 heterocycles. The third-order valence-electron chi connectivity index (χ3n) is 2.89. The molecule has 16 heavy (non-hydrogen) atoms. The zero-order valence-corrected chi connectivity index (χ0v) is 8.93. The van der Waals surface area contributed by atoms with Crippen LogP contribution in [0.1, 0.15) is 29.6 Å². The minimum atomic E-state index is -0.927. The SMILES string of the molecule is NC1CCCC1Oc1ccc(C(=O)O)cc1. The summed E-state index contributed by atoms with van der Waals surface area (Å²) in [6.07, 6.45) is 3.13. The van der Waals surface area contributed by atoms with Gasteiger partial charge in [0.15, 0.2) is 0 Å². The van der Waals surface area contributed by atoms with Crippen LogP contribution < -0.4 is 10.5 Å². The Morgan fingerprint density at radius 1 is 1.31 bits per heavy atom. The highest BCUT2D eigenvalue weighted by Gasteiger charge is 2.25. The predicted molar refractivity (Wildman–Crippen MR) is 59.6 cm³/mol. The standard InChI is InChI=1S/C12H15NO3/c13-10-2-1-3-11(10)16-9-6-4-8(5-7-9)12(14)15/h4-7,10-11H,1-3,13H2,(H,14,15). The van der Waals surface area contributed by atoms with Gasteiger partial charge in [-0.15, -0.1) is 0 Å². The Balaban J connectivity index is 2.02. The smallest absolute Gasteiger partial charge is 0.335 e. The highest BCUT2D eigenvalue weighted by atomic mass is 16.5. The zero-order valence-electron chi connectivity index (χ0n) is 8.93. The Kier molecular flexibility index (Phi) is 3.10. The molecule has 1 aromatic rings. The fourth-order valence-electron chi connectivity index (χ4n) is 1.95. The summed E-state index contributed by atoms with van der Waals surface area (Å²) in [4.78, 5) is 10.6. The highest BCUT2D eigenvalue weighted by molar-refractivity contribution is 5.87. The van der Waals surface area contributed by atoms with E-state index in [2.05, 4.69) is 0 Å². The second-order valence-corrected chi connectivity index (χ2v) is 4.08. The molecule has 1 aliphatic carbocycles. The van der Waals surface area contributed by atoms with Crippen molar-refractivity contribution in [3.8, 4) is 5.75 Å². The molecule has 0 amide bonds. The number of carbonyl (C=O) groups is 1. The van der Waals surface area contributed by atoms with Crippen molar-refractivity contribution in [1.29, 1.82) is 0 Å². The van der Waals surface area contributed by atoms with Crippen LogP contribution in [0.15, 0.2) is 24.3 Å². The van der Waals surface area contributed by atoms with E-state index >= 15 is 0 Å². The third kappa shape index (κ3) is 2.33. The summed E-state index contributed by atoms with van der Waals surface area (Å²) in [7, 11) is 0. The maximum atomic E-state index is 10.6. The van der Waals surface area contributed by atoms with E-state index in [9.17, 15) is 4.79 Å². The molecule has 0 saturated heterocycles. The van der Waals surface area contributed by atoms with E-state index in [1.165, 1.54) is 12.1 Å². The number of ether oxygens (including phenoxy) is 1. The Hall–Kier alpha value is -1.55. The number of carboxylic acids is 1. The van der Waals surface area contributed by atoms with Crippen molar-refractivity contribution in [2.75, 3.05) is 0 Å². The molecule has 2 atom stereocenters. The molecule has 0 aliphatic heterocycles. The van der Waals surface area contributed by atoms with Crippen LogP contribution in [-0.4, -0.2) is 23.2 Å². The maximum absolute atomic E-state index is 10.6. The molecule has 1 saturated carbocycles. The molecule has 0 bridgehead atoms. The van der Waals surface area contributed by atoms with E-state index in [0.29, 0.717) is 5.75 Å². The molecule has 2 unspecified atom stereocenters. The summed E-state index contributed by atoms with van der Waals surface area (Å²) < 4.78 is 5.70. The molecule has 0 spiro atoms.